The monoisotopic (exact) mass is 417 g/mol. The summed E-state index contributed by atoms with van der Waals surface area (Å²) in [4.78, 5) is 36.6. The number of aromatic nitrogens is 2. The number of rotatable bonds is 4. The molecule has 0 spiro atoms. The summed E-state index contributed by atoms with van der Waals surface area (Å²) in [5.74, 6) is -0.443. The fourth-order valence-corrected chi connectivity index (χ4v) is 3.67. The Morgan fingerprint density at radius 3 is 2.62 bits per heavy atom. The van der Waals surface area contributed by atoms with Crippen LogP contribution in [0.3, 0.4) is 0 Å². The van der Waals surface area contributed by atoms with E-state index < -0.39 is 23.8 Å². The zero-order valence-corrected chi connectivity index (χ0v) is 16.5. The molecule has 3 heterocycles. The number of fused-ring (bicyclic) bond motifs is 2. The van der Waals surface area contributed by atoms with Crippen molar-refractivity contribution in [3.8, 4) is 0 Å². The largest absolute Gasteiger partial charge is 0.548 e. The number of quaternary nitrogens is 1. The molecule has 11 heteroatoms. The number of halogens is 1. The topological polar surface area (TPSA) is 119 Å². The summed E-state index contributed by atoms with van der Waals surface area (Å²) in [5.41, 5.74) is 0.417. The van der Waals surface area contributed by atoms with Gasteiger partial charge < -0.3 is 9.90 Å². The maximum atomic E-state index is 13.0. The lowest BCUT2D eigenvalue weighted by atomic mass is 10.1. The number of hydrazone groups is 1. The Bertz CT molecular complexity index is 1210. The first kappa shape index (κ1) is 19.1. The Morgan fingerprint density at radius 2 is 2.00 bits per heavy atom. The van der Waals surface area contributed by atoms with E-state index in [0.29, 0.717) is 33.6 Å². The van der Waals surface area contributed by atoms with Crippen molar-refractivity contribution in [2.24, 2.45) is 12.1 Å². The van der Waals surface area contributed by atoms with Crippen LogP contribution in [-0.2, 0) is 18.4 Å². The Hall–Kier alpha value is -3.24. The zero-order valence-electron chi connectivity index (χ0n) is 15.8. The van der Waals surface area contributed by atoms with Crippen LogP contribution < -0.4 is 21.7 Å². The molecule has 0 atom stereocenters. The molecule has 2 N–H and O–H groups in total. The summed E-state index contributed by atoms with van der Waals surface area (Å²) in [6.07, 6.45) is 0. The molecule has 1 aromatic carbocycles. The fourth-order valence-electron chi connectivity index (χ4n) is 3.55. The van der Waals surface area contributed by atoms with Crippen molar-refractivity contribution in [2.45, 2.75) is 13.5 Å². The Morgan fingerprint density at radius 1 is 1.31 bits per heavy atom. The minimum absolute atomic E-state index is 0.239. The van der Waals surface area contributed by atoms with Crippen LogP contribution in [0.4, 0.5) is 11.5 Å². The van der Waals surface area contributed by atoms with Crippen LogP contribution in [0.1, 0.15) is 12.5 Å². The van der Waals surface area contributed by atoms with Gasteiger partial charge >= 0.3 is 17.2 Å². The number of guanidine groups is 1. The van der Waals surface area contributed by atoms with E-state index in [0.717, 1.165) is 5.56 Å². The third-order valence-corrected chi connectivity index (χ3v) is 5.21. The lowest BCUT2D eigenvalue weighted by Gasteiger charge is -2.15. The average molecular weight is 418 g/mol. The van der Waals surface area contributed by atoms with E-state index in [1.807, 2.05) is 19.1 Å². The van der Waals surface area contributed by atoms with Gasteiger partial charge in [0, 0.05) is 17.6 Å². The number of benzene rings is 1. The summed E-state index contributed by atoms with van der Waals surface area (Å²) in [7, 11) is 1.50. The predicted molar refractivity (Wildman–Crippen MR) is 103 cm³/mol. The fraction of sp³-hybridized carbons (Fsp3) is 0.278. The highest BCUT2D eigenvalue weighted by molar-refractivity contribution is 6.30. The lowest BCUT2D eigenvalue weighted by Crippen LogP contribution is -2.86. The summed E-state index contributed by atoms with van der Waals surface area (Å²) >= 11 is 5.98. The van der Waals surface area contributed by atoms with E-state index in [-0.39, 0.29) is 12.2 Å². The van der Waals surface area contributed by atoms with E-state index in [9.17, 15) is 19.5 Å². The van der Waals surface area contributed by atoms with Gasteiger partial charge in [0.1, 0.15) is 18.8 Å². The molecular formula is C18H18ClN6O4+. The third kappa shape index (κ3) is 3.06. The molecule has 0 saturated carbocycles. The Balaban J connectivity index is 1.86. The first-order valence-electron chi connectivity index (χ1n) is 8.95. The van der Waals surface area contributed by atoms with Gasteiger partial charge in [-0.15, -0.1) is 0 Å². The summed E-state index contributed by atoms with van der Waals surface area (Å²) in [6.45, 7) is 1.94. The number of carbonyl (C=O) groups is 1. The number of nitrogens with two attached hydrogens (primary N) is 1. The van der Waals surface area contributed by atoms with Gasteiger partial charge in [0.15, 0.2) is 0 Å². The van der Waals surface area contributed by atoms with Crippen molar-refractivity contribution in [3.63, 3.8) is 0 Å². The van der Waals surface area contributed by atoms with Crippen LogP contribution >= 0.6 is 11.6 Å². The summed E-state index contributed by atoms with van der Waals surface area (Å²) in [5, 5.41) is 19.8. The molecule has 150 valence electrons. The predicted octanol–water partition coefficient (Wildman–Crippen LogP) is -2.10. The van der Waals surface area contributed by atoms with Gasteiger partial charge in [-0.05, 0) is 19.1 Å². The smallest absolute Gasteiger partial charge is 0.480 e. The molecule has 0 aliphatic carbocycles. The number of nitrogens with zero attached hydrogens (tertiary/aromatic N) is 5. The number of hydrogen-bond acceptors (Lipinski definition) is 6. The second-order valence-electron chi connectivity index (χ2n) is 6.70. The van der Waals surface area contributed by atoms with Crippen LogP contribution in [0.5, 0.6) is 0 Å². The molecule has 4 rings (SSSR count). The molecule has 0 amide bonds. The van der Waals surface area contributed by atoms with Gasteiger partial charge in [0.05, 0.1) is 12.5 Å². The molecule has 10 nitrogen and oxygen atoms in total. The van der Waals surface area contributed by atoms with Crippen molar-refractivity contribution in [3.05, 3.63) is 55.7 Å². The normalized spacial score (nSPS) is 15.3. The molecule has 2 aliphatic rings. The van der Waals surface area contributed by atoms with Gasteiger partial charge in [-0.2, -0.15) is 9.89 Å². The van der Waals surface area contributed by atoms with E-state index in [4.69, 9.17) is 11.6 Å². The van der Waals surface area contributed by atoms with Gasteiger partial charge in [0.25, 0.3) is 11.5 Å². The molecule has 2 aromatic rings. The van der Waals surface area contributed by atoms with Crippen LogP contribution in [0.25, 0.3) is 0 Å². The molecule has 0 saturated heterocycles. The lowest BCUT2D eigenvalue weighted by molar-refractivity contribution is -0.525. The Kier molecular flexibility index (Phi) is 4.59. The number of carbonyl (C=O) groups excluding carboxylic acids is 1. The summed E-state index contributed by atoms with van der Waals surface area (Å²) in [6, 6.07) is 7.21. The number of carboxylic acid groups (broad SMARTS) is 1. The second kappa shape index (κ2) is 6.98. The third-order valence-electron chi connectivity index (χ3n) is 4.96. The molecule has 0 unspecified atom stereocenters. The van der Waals surface area contributed by atoms with E-state index in [2.05, 4.69) is 5.10 Å². The highest BCUT2D eigenvalue weighted by atomic mass is 35.5. The van der Waals surface area contributed by atoms with Crippen LogP contribution in [0, 0.1) is 0 Å². The van der Waals surface area contributed by atoms with Crippen molar-refractivity contribution in [1.29, 1.82) is 0 Å². The maximum Gasteiger partial charge on any atom is 0.480 e. The minimum atomic E-state index is -1.51. The van der Waals surface area contributed by atoms with Crippen LogP contribution in [0.2, 0.25) is 5.02 Å². The molecule has 0 radical (unpaired) electrons. The van der Waals surface area contributed by atoms with Gasteiger partial charge in [-0.3, -0.25) is 9.36 Å². The number of aliphatic carboxylic acids is 1. The van der Waals surface area contributed by atoms with E-state index in [1.54, 1.807) is 27.0 Å². The first-order valence-corrected chi connectivity index (χ1v) is 9.33. The SMILES string of the molecule is CCN1N=C(c2ccc(Cl)cc2)C[N+]2=C1[NH2+]c1c2c(=O)n(CC(=O)[O-])c(=O)n1C. The van der Waals surface area contributed by atoms with Gasteiger partial charge in [0.2, 0.25) is 0 Å². The van der Waals surface area contributed by atoms with Gasteiger partial charge in [-0.1, -0.05) is 33.8 Å². The summed E-state index contributed by atoms with van der Waals surface area (Å²) < 4.78 is 3.69. The van der Waals surface area contributed by atoms with Crippen LogP contribution in [-0.4, -0.2) is 49.4 Å². The molecule has 2 aliphatic heterocycles. The van der Waals surface area contributed by atoms with Crippen LogP contribution in [0.15, 0.2) is 39.0 Å². The molecule has 0 bridgehead atoms. The minimum Gasteiger partial charge on any atom is -0.548 e. The second-order valence-corrected chi connectivity index (χ2v) is 7.13. The first-order chi connectivity index (χ1) is 13.8. The number of hydrogen-bond donors (Lipinski definition) is 1. The molecule has 1 aromatic heterocycles. The zero-order chi connectivity index (χ0) is 20.9. The van der Waals surface area contributed by atoms with E-state index >= 15 is 0 Å². The average Bonchev–Trinajstić information content (AvgIpc) is 3.09. The standard InChI is InChI=1S/C18H17ClN6O4/c1-3-25-17-20-15-14(16(28)24(9-13(26)27)18(29)22(15)2)23(17)8-12(21-25)10-4-6-11(19)7-5-10/h4-7H,3,8-9H2,1-2H3,(H,26,27)/p+1. The van der Waals surface area contributed by atoms with Crippen molar-refractivity contribution >= 4 is 40.7 Å². The Labute approximate surface area is 169 Å². The van der Waals surface area contributed by atoms with Gasteiger partial charge in [-0.25, -0.2) is 9.36 Å². The van der Waals surface area contributed by atoms with Crippen molar-refractivity contribution in [1.82, 2.24) is 14.1 Å². The molecular weight excluding hydrogens is 400 g/mol. The van der Waals surface area contributed by atoms with E-state index in [1.165, 1.54) is 11.6 Å². The van der Waals surface area contributed by atoms with Crippen molar-refractivity contribution in [2.75, 3.05) is 13.1 Å². The maximum absolute atomic E-state index is 13.0. The highest BCUT2D eigenvalue weighted by Crippen LogP contribution is 2.22. The van der Waals surface area contributed by atoms with Crippen molar-refractivity contribution < 1.29 is 19.8 Å². The molecule has 0 fully saturated rings. The quantitative estimate of drug-likeness (QED) is 0.571. The number of carboxylic acids is 1. The molecule has 29 heavy (non-hydrogen) atoms. The highest BCUT2D eigenvalue weighted by Gasteiger charge is 2.46.